The number of amides is 1. The van der Waals surface area contributed by atoms with E-state index in [1.165, 1.54) is 31.0 Å². The lowest BCUT2D eigenvalue weighted by Crippen LogP contribution is -2.41. The predicted molar refractivity (Wildman–Crippen MR) is 98.6 cm³/mol. The Balaban J connectivity index is 1.94. The number of sulfonamides is 1. The number of nitro benzene ring substituents is 1. The molecule has 0 aliphatic carbocycles. The van der Waals surface area contributed by atoms with Crippen molar-refractivity contribution in [3.05, 3.63) is 34.4 Å². The number of carbonyl (C=O) groups is 1. The van der Waals surface area contributed by atoms with Crippen LogP contribution in [-0.4, -0.2) is 63.1 Å². The fourth-order valence-corrected chi connectivity index (χ4v) is 3.73. The maximum atomic E-state index is 12.1. The van der Waals surface area contributed by atoms with E-state index in [1.807, 2.05) is 0 Å². The van der Waals surface area contributed by atoms with Crippen LogP contribution in [-0.2, 0) is 14.8 Å². The summed E-state index contributed by atoms with van der Waals surface area (Å²) < 4.78 is 24.9. The first-order chi connectivity index (χ1) is 12.3. The van der Waals surface area contributed by atoms with Crippen LogP contribution < -0.4 is 9.62 Å². The number of nitrogens with one attached hydrogen (secondary N) is 1. The minimum Gasteiger partial charge on any atom is -0.354 e. The topological polar surface area (TPSA) is 113 Å². The summed E-state index contributed by atoms with van der Waals surface area (Å²) in [7, 11) is -3.76. The Morgan fingerprint density at radius 2 is 2.04 bits per heavy atom. The molecular weight excluding hydrogens is 360 g/mol. The molecule has 1 N–H and O–H groups in total. The number of likely N-dealkylation sites (tertiary alicyclic amines) is 1. The van der Waals surface area contributed by atoms with Crippen LogP contribution in [0.5, 0.6) is 0 Å². The van der Waals surface area contributed by atoms with E-state index >= 15 is 0 Å². The lowest BCUT2D eigenvalue weighted by Gasteiger charge is -2.22. The minimum absolute atomic E-state index is 0.0916. The molecule has 0 saturated carbocycles. The first-order valence-electron chi connectivity index (χ1n) is 8.48. The van der Waals surface area contributed by atoms with Crippen LogP contribution in [0, 0.1) is 10.1 Å². The van der Waals surface area contributed by atoms with Crippen molar-refractivity contribution in [1.29, 1.82) is 0 Å². The Labute approximate surface area is 153 Å². The van der Waals surface area contributed by atoms with Gasteiger partial charge in [-0.05, 0) is 45.0 Å². The number of hydrogen-bond donors (Lipinski definition) is 1. The standard InChI is InChI=1S/C16H24N4O5S/c1-26(24,25)19(14-6-4-7-15(12-14)20(22)23)13-16(21)17-8-5-11-18-9-2-3-10-18/h4,6-7,12H,2-3,5,8-11,13H2,1H3,(H,17,21). The molecule has 1 saturated heterocycles. The lowest BCUT2D eigenvalue weighted by molar-refractivity contribution is -0.384. The van der Waals surface area contributed by atoms with Crippen LogP contribution in [0.1, 0.15) is 19.3 Å². The number of nitrogens with zero attached hydrogens (tertiary/aromatic N) is 3. The second-order valence-corrected chi connectivity index (χ2v) is 8.21. The molecule has 1 heterocycles. The average Bonchev–Trinajstić information content (AvgIpc) is 3.09. The average molecular weight is 384 g/mol. The molecule has 9 nitrogen and oxygen atoms in total. The number of nitro groups is 1. The highest BCUT2D eigenvalue weighted by molar-refractivity contribution is 7.92. The Morgan fingerprint density at radius 1 is 1.35 bits per heavy atom. The Hall–Kier alpha value is -2.20. The molecular formula is C16H24N4O5S. The number of non-ortho nitro benzene ring substituents is 1. The highest BCUT2D eigenvalue weighted by Gasteiger charge is 2.22. The van der Waals surface area contributed by atoms with E-state index in [0.717, 1.165) is 42.7 Å². The molecule has 10 heteroatoms. The molecule has 0 spiro atoms. The summed E-state index contributed by atoms with van der Waals surface area (Å²) in [5.74, 6) is -0.441. The van der Waals surface area contributed by atoms with E-state index in [4.69, 9.17) is 0 Å². The quantitative estimate of drug-likeness (QED) is 0.385. The molecule has 1 aromatic carbocycles. The van der Waals surface area contributed by atoms with Gasteiger partial charge in [0.15, 0.2) is 0 Å². The van der Waals surface area contributed by atoms with Crippen molar-refractivity contribution in [1.82, 2.24) is 10.2 Å². The third-order valence-electron chi connectivity index (χ3n) is 4.19. The highest BCUT2D eigenvalue weighted by atomic mass is 32.2. The molecule has 0 bridgehead atoms. The van der Waals surface area contributed by atoms with Gasteiger partial charge >= 0.3 is 0 Å². The van der Waals surface area contributed by atoms with Crippen LogP contribution in [0.25, 0.3) is 0 Å². The molecule has 2 rings (SSSR count). The summed E-state index contributed by atoms with van der Waals surface area (Å²) in [5.41, 5.74) is -0.143. The van der Waals surface area contributed by atoms with Crippen molar-refractivity contribution in [3.63, 3.8) is 0 Å². The number of hydrogen-bond acceptors (Lipinski definition) is 6. The van der Waals surface area contributed by atoms with Gasteiger partial charge in [-0.15, -0.1) is 0 Å². The Morgan fingerprint density at radius 3 is 2.65 bits per heavy atom. The molecule has 0 atom stereocenters. The third kappa shape index (κ3) is 5.95. The Bertz CT molecular complexity index is 747. The zero-order valence-electron chi connectivity index (χ0n) is 14.8. The van der Waals surface area contributed by atoms with E-state index < -0.39 is 27.4 Å². The first kappa shape index (κ1) is 20.1. The van der Waals surface area contributed by atoms with Crippen LogP contribution in [0.4, 0.5) is 11.4 Å². The maximum Gasteiger partial charge on any atom is 0.271 e. The molecule has 1 fully saturated rings. The second kappa shape index (κ2) is 8.95. The third-order valence-corrected chi connectivity index (χ3v) is 5.33. The van der Waals surface area contributed by atoms with Gasteiger partial charge in [0.2, 0.25) is 15.9 Å². The fraction of sp³-hybridized carbons (Fsp3) is 0.562. The van der Waals surface area contributed by atoms with Crippen LogP contribution >= 0.6 is 0 Å². The van der Waals surface area contributed by atoms with Gasteiger partial charge in [0.1, 0.15) is 6.54 Å². The van der Waals surface area contributed by atoms with Gasteiger partial charge in [0.05, 0.1) is 16.9 Å². The molecule has 0 radical (unpaired) electrons. The van der Waals surface area contributed by atoms with Crippen LogP contribution in [0.2, 0.25) is 0 Å². The van der Waals surface area contributed by atoms with Crippen molar-refractivity contribution in [2.24, 2.45) is 0 Å². The summed E-state index contributed by atoms with van der Waals surface area (Å²) >= 11 is 0. The van der Waals surface area contributed by atoms with E-state index in [2.05, 4.69) is 10.2 Å². The normalized spacial score (nSPS) is 15.0. The van der Waals surface area contributed by atoms with E-state index in [9.17, 15) is 23.3 Å². The van der Waals surface area contributed by atoms with E-state index in [-0.39, 0.29) is 11.4 Å². The number of rotatable bonds is 9. The maximum absolute atomic E-state index is 12.1. The van der Waals surface area contributed by atoms with Crippen molar-refractivity contribution in [3.8, 4) is 0 Å². The molecule has 1 aliphatic rings. The van der Waals surface area contributed by atoms with Gasteiger partial charge in [-0.3, -0.25) is 19.2 Å². The van der Waals surface area contributed by atoms with Gasteiger partial charge in [-0.1, -0.05) is 6.07 Å². The summed E-state index contributed by atoms with van der Waals surface area (Å²) in [6.45, 7) is 3.12. The summed E-state index contributed by atoms with van der Waals surface area (Å²) in [6, 6.07) is 5.22. The van der Waals surface area contributed by atoms with E-state index in [1.54, 1.807) is 0 Å². The zero-order valence-corrected chi connectivity index (χ0v) is 15.6. The largest absolute Gasteiger partial charge is 0.354 e. The monoisotopic (exact) mass is 384 g/mol. The molecule has 1 aliphatic heterocycles. The summed E-state index contributed by atoms with van der Waals surface area (Å²) in [5, 5.41) is 13.6. The molecule has 0 aromatic heterocycles. The Kier molecular flexibility index (Phi) is 6.92. The number of carbonyl (C=O) groups excluding carboxylic acids is 1. The summed E-state index contributed by atoms with van der Waals surface area (Å²) in [4.78, 5) is 24.7. The lowest BCUT2D eigenvalue weighted by atomic mass is 10.3. The van der Waals surface area contributed by atoms with Gasteiger partial charge in [-0.25, -0.2) is 8.42 Å². The second-order valence-electron chi connectivity index (χ2n) is 6.30. The molecule has 144 valence electrons. The van der Waals surface area contributed by atoms with Crippen molar-refractivity contribution < 1.29 is 18.1 Å². The molecule has 1 amide bonds. The van der Waals surface area contributed by atoms with Gasteiger partial charge in [-0.2, -0.15) is 0 Å². The number of anilines is 1. The number of benzene rings is 1. The van der Waals surface area contributed by atoms with Crippen molar-refractivity contribution in [2.75, 3.05) is 43.3 Å². The first-order valence-corrected chi connectivity index (χ1v) is 10.3. The molecule has 0 unspecified atom stereocenters. The zero-order chi connectivity index (χ0) is 19.2. The molecule has 26 heavy (non-hydrogen) atoms. The van der Waals surface area contributed by atoms with Gasteiger partial charge < -0.3 is 10.2 Å². The smallest absolute Gasteiger partial charge is 0.271 e. The SMILES string of the molecule is CS(=O)(=O)N(CC(=O)NCCCN1CCCC1)c1cccc([N+](=O)[O-])c1. The van der Waals surface area contributed by atoms with Crippen LogP contribution in [0.15, 0.2) is 24.3 Å². The highest BCUT2D eigenvalue weighted by Crippen LogP contribution is 2.22. The van der Waals surface area contributed by atoms with Crippen LogP contribution in [0.3, 0.4) is 0 Å². The van der Waals surface area contributed by atoms with Crippen molar-refractivity contribution >= 4 is 27.3 Å². The summed E-state index contributed by atoms with van der Waals surface area (Å²) in [6.07, 6.45) is 4.17. The van der Waals surface area contributed by atoms with E-state index in [0.29, 0.717) is 6.54 Å². The molecule has 1 aromatic rings. The predicted octanol–water partition coefficient (Wildman–Crippen LogP) is 0.963. The van der Waals surface area contributed by atoms with Gasteiger partial charge in [0.25, 0.3) is 5.69 Å². The minimum atomic E-state index is -3.76. The fourth-order valence-electron chi connectivity index (χ4n) is 2.88. The van der Waals surface area contributed by atoms with Crippen molar-refractivity contribution in [2.45, 2.75) is 19.3 Å². The van der Waals surface area contributed by atoms with Gasteiger partial charge in [0, 0.05) is 18.7 Å².